The first-order valence-corrected chi connectivity index (χ1v) is 8.80. The van der Waals surface area contributed by atoms with Crippen LogP contribution in [0.5, 0.6) is 0 Å². The Balaban J connectivity index is 1.46. The largest absolute Gasteiger partial charge is 0.338 e. The number of fused-ring (bicyclic) bond motifs is 1. The predicted octanol–water partition coefficient (Wildman–Crippen LogP) is 0.0349. The molecule has 1 aliphatic rings. The maximum atomic E-state index is 12.1. The molecule has 1 aliphatic heterocycles. The summed E-state index contributed by atoms with van der Waals surface area (Å²) in [6.07, 6.45) is 5.78. The van der Waals surface area contributed by atoms with Gasteiger partial charge in [-0.05, 0) is 25.9 Å². The van der Waals surface area contributed by atoms with Crippen molar-refractivity contribution in [1.29, 1.82) is 0 Å². The van der Waals surface area contributed by atoms with E-state index in [1.807, 2.05) is 0 Å². The first-order valence-electron chi connectivity index (χ1n) is 8.80. The van der Waals surface area contributed by atoms with Gasteiger partial charge in [-0.15, -0.1) is 0 Å². The molecule has 3 aromatic rings. The standard InChI is InChI=1S/C16H21N7O3/c1-21-14-13(15(24)19-16(21)25)23(10-17-14)8-5-11-18-12(26-20-11)9-22-6-3-2-4-7-22/h10H,2-9H2,1H3,(H,19,24,25). The predicted molar refractivity (Wildman–Crippen MR) is 92.7 cm³/mol. The molecule has 3 aromatic heterocycles. The van der Waals surface area contributed by atoms with Crippen molar-refractivity contribution >= 4 is 11.2 Å². The molecule has 0 aliphatic carbocycles. The highest BCUT2D eigenvalue weighted by molar-refractivity contribution is 5.69. The van der Waals surface area contributed by atoms with E-state index in [0.29, 0.717) is 42.4 Å². The Morgan fingerprint density at radius 3 is 2.85 bits per heavy atom. The van der Waals surface area contributed by atoms with Crippen LogP contribution in [0.1, 0.15) is 31.0 Å². The third-order valence-corrected chi connectivity index (χ3v) is 4.77. The zero-order valence-electron chi connectivity index (χ0n) is 14.6. The Hall–Kier alpha value is -2.75. The number of piperidine rings is 1. The highest BCUT2D eigenvalue weighted by atomic mass is 16.5. The molecule has 0 spiro atoms. The van der Waals surface area contributed by atoms with Gasteiger partial charge in [0.15, 0.2) is 17.0 Å². The average Bonchev–Trinajstić information content (AvgIpc) is 3.26. The van der Waals surface area contributed by atoms with E-state index in [1.165, 1.54) is 23.8 Å². The Bertz CT molecular complexity index is 1020. The maximum Gasteiger partial charge on any atom is 0.329 e. The Morgan fingerprint density at radius 1 is 1.23 bits per heavy atom. The first-order chi connectivity index (χ1) is 12.6. The highest BCUT2D eigenvalue weighted by Gasteiger charge is 2.16. The van der Waals surface area contributed by atoms with Crippen molar-refractivity contribution in [1.82, 2.24) is 34.1 Å². The molecule has 10 nitrogen and oxygen atoms in total. The van der Waals surface area contributed by atoms with E-state index >= 15 is 0 Å². The monoisotopic (exact) mass is 359 g/mol. The lowest BCUT2D eigenvalue weighted by Crippen LogP contribution is -2.29. The number of likely N-dealkylation sites (tertiary alicyclic amines) is 1. The van der Waals surface area contributed by atoms with E-state index in [0.717, 1.165) is 13.1 Å². The van der Waals surface area contributed by atoms with Crippen LogP contribution < -0.4 is 11.2 Å². The van der Waals surface area contributed by atoms with Crippen LogP contribution in [0, 0.1) is 0 Å². The van der Waals surface area contributed by atoms with Gasteiger partial charge in [-0.2, -0.15) is 4.98 Å². The van der Waals surface area contributed by atoms with Crippen LogP contribution in [0.3, 0.4) is 0 Å². The Labute approximate surface area is 148 Å². The number of nitrogens with zero attached hydrogens (tertiary/aromatic N) is 6. The number of aromatic amines is 1. The van der Waals surface area contributed by atoms with Gasteiger partial charge in [-0.1, -0.05) is 11.6 Å². The van der Waals surface area contributed by atoms with Crippen LogP contribution in [0.25, 0.3) is 11.2 Å². The minimum Gasteiger partial charge on any atom is -0.338 e. The molecule has 0 unspecified atom stereocenters. The second-order valence-electron chi connectivity index (χ2n) is 6.62. The molecule has 0 amide bonds. The number of imidazole rings is 1. The lowest BCUT2D eigenvalue weighted by molar-refractivity contribution is 0.193. The van der Waals surface area contributed by atoms with Gasteiger partial charge in [0.05, 0.1) is 12.9 Å². The molecule has 138 valence electrons. The molecule has 0 saturated carbocycles. The molecule has 1 N–H and O–H groups in total. The summed E-state index contributed by atoms with van der Waals surface area (Å²) in [4.78, 5) is 36.9. The molecule has 0 aromatic carbocycles. The van der Waals surface area contributed by atoms with Gasteiger partial charge >= 0.3 is 5.69 Å². The minimum absolute atomic E-state index is 0.359. The Morgan fingerprint density at radius 2 is 2.04 bits per heavy atom. The van der Waals surface area contributed by atoms with Crippen LogP contribution in [0.4, 0.5) is 0 Å². The van der Waals surface area contributed by atoms with E-state index in [1.54, 1.807) is 17.9 Å². The van der Waals surface area contributed by atoms with Crippen molar-refractivity contribution in [3.8, 4) is 0 Å². The molecule has 4 rings (SSSR count). The zero-order valence-corrected chi connectivity index (χ0v) is 14.6. The lowest BCUT2D eigenvalue weighted by Gasteiger charge is -2.24. The van der Waals surface area contributed by atoms with E-state index in [-0.39, 0.29) is 0 Å². The molecule has 4 heterocycles. The average molecular weight is 359 g/mol. The summed E-state index contributed by atoms with van der Waals surface area (Å²) in [5.74, 6) is 1.22. The van der Waals surface area contributed by atoms with E-state index in [9.17, 15) is 9.59 Å². The zero-order chi connectivity index (χ0) is 18.1. The number of hydrogen-bond acceptors (Lipinski definition) is 7. The van der Waals surface area contributed by atoms with E-state index in [4.69, 9.17) is 4.52 Å². The number of rotatable bonds is 5. The summed E-state index contributed by atoms with van der Waals surface area (Å²) >= 11 is 0. The quantitative estimate of drug-likeness (QED) is 0.683. The summed E-state index contributed by atoms with van der Waals surface area (Å²) in [5, 5.41) is 4.03. The molecule has 1 saturated heterocycles. The van der Waals surface area contributed by atoms with Crippen molar-refractivity contribution in [3.05, 3.63) is 38.9 Å². The van der Waals surface area contributed by atoms with Crippen LogP contribution in [-0.4, -0.2) is 47.2 Å². The lowest BCUT2D eigenvalue weighted by atomic mass is 10.1. The number of hydrogen-bond donors (Lipinski definition) is 1. The van der Waals surface area contributed by atoms with E-state index in [2.05, 4.69) is 25.0 Å². The first kappa shape index (κ1) is 16.7. The topological polar surface area (TPSA) is 115 Å². The third-order valence-electron chi connectivity index (χ3n) is 4.77. The number of nitrogens with one attached hydrogen (secondary N) is 1. The van der Waals surface area contributed by atoms with Gasteiger partial charge in [0, 0.05) is 20.0 Å². The number of H-pyrrole nitrogens is 1. The van der Waals surface area contributed by atoms with Crippen molar-refractivity contribution < 1.29 is 4.52 Å². The summed E-state index contributed by atoms with van der Waals surface area (Å²) in [6.45, 7) is 3.30. The van der Waals surface area contributed by atoms with Gasteiger partial charge in [0.2, 0.25) is 5.89 Å². The van der Waals surface area contributed by atoms with Crippen LogP contribution >= 0.6 is 0 Å². The maximum absolute atomic E-state index is 12.1. The molecule has 1 fully saturated rings. The second kappa shape index (κ2) is 6.87. The minimum atomic E-state index is -0.478. The normalized spacial score (nSPS) is 15.7. The van der Waals surface area contributed by atoms with Crippen LogP contribution in [0.2, 0.25) is 0 Å². The van der Waals surface area contributed by atoms with Gasteiger partial charge < -0.3 is 9.09 Å². The fourth-order valence-electron chi connectivity index (χ4n) is 3.34. The van der Waals surface area contributed by atoms with Crippen molar-refractivity contribution in [2.45, 2.75) is 38.8 Å². The van der Waals surface area contributed by atoms with Crippen molar-refractivity contribution in [2.75, 3.05) is 13.1 Å². The van der Waals surface area contributed by atoms with Gasteiger partial charge in [0.1, 0.15) is 0 Å². The second-order valence-corrected chi connectivity index (χ2v) is 6.62. The summed E-state index contributed by atoms with van der Waals surface area (Å²) < 4.78 is 8.36. The molecular weight excluding hydrogens is 338 g/mol. The van der Waals surface area contributed by atoms with E-state index < -0.39 is 11.2 Å². The van der Waals surface area contributed by atoms with Crippen LogP contribution in [-0.2, 0) is 26.6 Å². The molecule has 0 radical (unpaired) electrons. The number of aryl methyl sites for hydroxylation is 3. The van der Waals surface area contributed by atoms with Crippen molar-refractivity contribution in [2.24, 2.45) is 7.05 Å². The fraction of sp³-hybridized carbons (Fsp3) is 0.562. The highest BCUT2D eigenvalue weighted by Crippen LogP contribution is 2.12. The molecule has 0 bridgehead atoms. The van der Waals surface area contributed by atoms with Gasteiger partial charge in [-0.3, -0.25) is 19.2 Å². The third kappa shape index (κ3) is 3.19. The summed E-state index contributed by atoms with van der Waals surface area (Å²) in [7, 11) is 1.57. The fourth-order valence-corrected chi connectivity index (χ4v) is 3.34. The molecule has 0 atom stereocenters. The number of aromatic nitrogens is 6. The van der Waals surface area contributed by atoms with Gasteiger partial charge in [0.25, 0.3) is 5.56 Å². The Kier molecular flexibility index (Phi) is 4.41. The summed E-state index contributed by atoms with van der Waals surface area (Å²) in [5.41, 5.74) is -0.199. The molecular formula is C16H21N7O3. The SMILES string of the molecule is Cn1c(=O)[nH]c(=O)c2c1ncn2CCc1noc(CN2CCCCC2)n1. The van der Waals surface area contributed by atoms with Gasteiger partial charge in [-0.25, -0.2) is 9.78 Å². The summed E-state index contributed by atoms with van der Waals surface area (Å²) in [6, 6.07) is 0. The van der Waals surface area contributed by atoms with Crippen molar-refractivity contribution in [3.63, 3.8) is 0 Å². The molecule has 26 heavy (non-hydrogen) atoms. The molecule has 10 heteroatoms. The smallest absolute Gasteiger partial charge is 0.329 e. The van der Waals surface area contributed by atoms with Crippen LogP contribution in [0.15, 0.2) is 20.4 Å².